The van der Waals surface area contributed by atoms with Crippen LogP contribution in [0, 0.1) is 0 Å². The van der Waals surface area contributed by atoms with Crippen LogP contribution in [0.4, 0.5) is 0 Å². The molecule has 0 saturated carbocycles. The van der Waals surface area contributed by atoms with Crippen molar-refractivity contribution in [1.82, 2.24) is 4.90 Å². The molecule has 1 amide bonds. The van der Waals surface area contributed by atoms with Crippen molar-refractivity contribution in [1.29, 1.82) is 0 Å². The molecule has 2 aliphatic heterocycles. The molecule has 2 aliphatic rings. The first-order chi connectivity index (χ1) is 14.1. The number of ether oxygens (including phenoxy) is 4. The second kappa shape index (κ2) is 8.66. The third-order valence-electron chi connectivity index (χ3n) is 4.66. The first-order valence-electron chi connectivity index (χ1n) is 9.51. The summed E-state index contributed by atoms with van der Waals surface area (Å²) in [4.78, 5) is 14.1. The number of rotatable bonds is 4. The molecule has 0 saturated heterocycles. The monoisotopic (exact) mass is 415 g/mol. The molecule has 0 aromatic heterocycles. The minimum Gasteiger partial charge on any atom is -0.489 e. The molecule has 7 heteroatoms. The lowest BCUT2D eigenvalue weighted by molar-refractivity contribution is -0.126. The largest absolute Gasteiger partial charge is 0.489 e. The Morgan fingerprint density at radius 2 is 1.93 bits per heavy atom. The first kappa shape index (κ1) is 19.5. The van der Waals surface area contributed by atoms with E-state index >= 15 is 0 Å². The minimum atomic E-state index is -0.222. The highest BCUT2D eigenvalue weighted by Crippen LogP contribution is 2.38. The van der Waals surface area contributed by atoms with Crippen molar-refractivity contribution in [2.24, 2.45) is 0 Å². The van der Waals surface area contributed by atoms with Gasteiger partial charge in [-0.15, -0.1) is 0 Å². The normalized spacial score (nSPS) is 17.7. The fourth-order valence-electron chi connectivity index (χ4n) is 3.19. The highest BCUT2D eigenvalue weighted by Gasteiger charge is 2.23. The maximum atomic E-state index is 12.5. The summed E-state index contributed by atoms with van der Waals surface area (Å²) >= 11 is 6.30. The SMILES string of the molecule is CN(CC1COc2ccccc2O1)C(=O)/C=C/c1cc(Cl)c2c(c1)OCCCO2. The lowest BCUT2D eigenvalue weighted by Gasteiger charge is -2.29. The molecule has 0 aliphatic carbocycles. The number of benzene rings is 2. The minimum absolute atomic E-state index is 0.143. The van der Waals surface area contributed by atoms with E-state index in [1.807, 2.05) is 30.3 Å². The van der Waals surface area contributed by atoms with E-state index in [0.29, 0.717) is 48.6 Å². The number of para-hydroxylation sites is 2. The van der Waals surface area contributed by atoms with E-state index in [2.05, 4.69) is 0 Å². The van der Waals surface area contributed by atoms with Crippen LogP contribution >= 0.6 is 11.6 Å². The summed E-state index contributed by atoms with van der Waals surface area (Å²) in [5.74, 6) is 2.43. The van der Waals surface area contributed by atoms with E-state index in [0.717, 1.165) is 17.7 Å². The van der Waals surface area contributed by atoms with Crippen LogP contribution in [0.5, 0.6) is 23.0 Å². The van der Waals surface area contributed by atoms with Gasteiger partial charge in [0.1, 0.15) is 6.61 Å². The van der Waals surface area contributed by atoms with Gasteiger partial charge in [-0.25, -0.2) is 0 Å². The number of nitrogens with zero attached hydrogens (tertiary/aromatic N) is 1. The molecule has 4 rings (SSSR count). The van der Waals surface area contributed by atoms with Gasteiger partial charge in [0.25, 0.3) is 0 Å². The Hall–Kier alpha value is -2.86. The zero-order valence-electron chi connectivity index (χ0n) is 16.1. The Morgan fingerprint density at radius 3 is 2.79 bits per heavy atom. The topological polar surface area (TPSA) is 57.2 Å². The number of hydrogen-bond acceptors (Lipinski definition) is 5. The van der Waals surface area contributed by atoms with Gasteiger partial charge in [-0.1, -0.05) is 23.7 Å². The van der Waals surface area contributed by atoms with Gasteiger partial charge >= 0.3 is 0 Å². The number of amides is 1. The van der Waals surface area contributed by atoms with Crippen LogP contribution in [0.1, 0.15) is 12.0 Å². The molecule has 2 heterocycles. The zero-order valence-corrected chi connectivity index (χ0v) is 16.9. The van der Waals surface area contributed by atoms with Crippen molar-refractivity contribution >= 4 is 23.6 Å². The maximum absolute atomic E-state index is 12.5. The van der Waals surface area contributed by atoms with Crippen molar-refractivity contribution in [2.45, 2.75) is 12.5 Å². The average molecular weight is 416 g/mol. The van der Waals surface area contributed by atoms with E-state index < -0.39 is 0 Å². The number of fused-ring (bicyclic) bond motifs is 2. The molecule has 2 aromatic rings. The van der Waals surface area contributed by atoms with Gasteiger partial charge in [0.2, 0.25) is 5.91 Å². The molecular weight excluding hydrogens is 394 g/mol. The molecule has 0 bridgehead atoms. The van der Waals surface area contributed by atoms with Crippen LogP contribution in [0.15, 0.2) is 42.5 Å². The predicted molar refractivity (Wildman–Crippen MR) is 110 cm³/mol. The number of likely N-dealkylation sites (N-methyl/N-ethyl adjacent to an activating group) is 1. The fourth-order valence-corrected chi connectivity index (χ4v) is 3.46. The zero-order chi connectivity index (χ0) is 20.2. The Labute approximate surface area is 174 Å². The third-order valence-corrected chi connectivity index (χ3v) is 4.94. The smallest absolute Gasteiger partial charge is 0.246 e. The van der Waals surface area contributed by atoms with E-state index in [-0.39, 0.29) is 12.0 Å². The maximum Gasteiger partial charge on any atom is 0.246 e. The molecule has 0 radical (unpaired) electrons. The molecule has 1 atom stereocenters. The Balaban J connectivity index is 1.38. The van der Waals surface area contributed by atoms with Gasteiger partial charge in [-0.2, -0.15) is 0 Å². The van der Waals surface area contributed by atoms with Gasteiger partial charge in [0.15, 0.2) is 29.1 Å². The fraction of sp³-hybridized carbons (Fsp3) is 0.318. The summed E-state index contributed by atoms with van der Waals surface area (Å²) in [5.41, 5.74) is 0.771. The molecule has 1 unspecified atom stereocenters. The van der Waals surface area contributed by atoms with Crippen LogP contribution in [0.3, 0.4) is 0 Å². The van der Waals surface area contributed by atoms with Gasteiger partial charge in [-0.3, -0.25) is 4.79 Å². The average Bonchev–Trinajstić information content (AvgIpc) is 2.98. The Morgan fingerprint density at radius 1 is 1.14 bits per heavy atom. The highest BCUT2D eigenvalue weighted by atomic mass is 35.5. The summed E-state index contributed by atoms with van der Waals surface area (Å²) < 4.78 is 22.9. The second-order valence-electron chi connectivity index (χ2n) is 6.93. The lowest BCUT2D eigenvalue weighted by atomic mass is 10.2. The van der Waals surface area contributed by atoms with E-state index in [1.165, 1.54) is 6.08 Å². The molecule has 0 fully saturated rings. The van der Waals surface area contributed by atoms with E-state index in [1.54, 1.807) is 24.1 Å². The van der Waals surface area contributed by atoms with Crippen molar-refractivity contribution in [2.75, 3.05) is 33.4 Å². The number of halogens is 1. The Bertz CT molecular complexity index is 929. The van der Waals surface area contributed by atoms with Crippen LogP contribution in [0.25, 0.3) is 6.08 Å². The molecular formula is C22H22ClNO5. The van der Waals surface area contributed by atoms with Crippen molar-refractivity contribution < 1.29 is 23.7 Å². The molecule has 2 aromatic carbocycles. The molecule has 0 N–H and O–H groups in total. The van der Waals surface area contributed by atoms with E-state index in [4.69, 9.17) is 30.5 Å². The van der Waals surface area contributed by atoms with Crippen LogP contribution in [0.2, 0.25) is 5.02 Å². The summed E-state index contributed by atoms with van der Waals surface area (Å²) in [6.07, 6.45) is 3.80. The van der Waals surface area contributed by atoms with Crippen molar-refractivity contribution in [3.05, 3.63) is 53.1 Å². The predicted octanol–water partition coefficient (Wildman–Crippen LogP) is 3.81. The summed E-state index contributed by atoms with van der Waals surface area (Å²) in [6, 6.07) is 11.1. The van der Waals surface area contributed by atoms with Crippen molar-refractivity contribution in [3.8, 4) is 23.0 Å². The standard InChI is InChI=1S/C22H22ClNO5/c1-24(13-16-14-28-18-5-2-3-6-19(18)29-16)21(25)8-7-15-11-17(23)22-20(12-15)26-9-4-10-27-22/h2-3,5-8,11-12,16H,4,9-10,13-14H2,1H3/b8-7+. The quantitative estimate of drug-likeness (QED) is 0.711. The number of hydrogen-bond donors (Lipinski definition) is 0. The van der Waals surface area contributed by atoms with Crippen LogP contribution in [-0.2, 0) is 4.79 Å². The first-order valence-corrected chi connectivity index (χ1v) is 9.89. The summed E-state index contributed by atoms with van der Waals surface area (Å²) in [7, 11) is 1.73. The molecule has 29 heavy (non-hydrogen) atoms. The summed E-state index contributed by atoms with van der Waals surface area (Å²) in [6.45, 7) is 1.96. The summed E-state index contributed by atoms with van der Waals surface area (Å²) in [5, 5.41) is 0.469. The van der Waals surface area contributed by atoms with Gasteiger partial charge < -0.3 is 23.8 Å². The van der Waals surface area contributed by atoms with Crippen molar-refractivity contribution in [3.63, 3.8) is 0 Å². The van der Waals surface area contributed by atoms with Gasteiger partial charge in [0.05, 0.1) is 24.8 Å². The van der Waals surface area contributed by atoms with Gasteiger partial charge in [-0.05, 0) is 35.9 Å². The second-order valence-corrected chi connectivity index (χ2v) is 7.34. The Kier molecular flexibility index (Phi) is 5.81. The number of carbonyl (C=O) groups excluding carboxylic acids is 1. The third kappa shape index (κ3) is 4.59. The lowest BCUT2D eigenvalue weighted by Crippen LogP contribution is -2.41. The molecule has 6 nitrogen and oxygen atoms in total. The van der Waals surface area contributed by atoms with Crippen LogP contribution in [-0.4, -0.2) is 50.3 Å². The molecule has 152 valence electrons. The van der Waals surface area contributed by atoms with Gasteiger partial charge in [0, 0.05) is 19.5 Å². The molecule has 0 spiro atoms. The van der Waals surface area contributed by atoms with Crippen LogP contribution < -0.4 is 18.9 Å². The van der Waals surface area contributed by atoms with E-state index in [9.17, 15) is 4.79 Å². The number of carbonyl (C=O) groups is 1. The highest BCUT2D eigenvalue weighted by molar-refractivity contribution is 6.32.